The summed E-state index contributed by atoms with van der Waals surface area (Å²) in [5, 5.41) is 0.708. The van der Waals surface area contributed by atoms with Crippen molar-refractivity contribution in [2.45, 2.75) is 5.75 Å². The predicted molar refractivity (Wildman–Crippen MR) is 94.0 cm³/mol. The molecule has 2 aromatic carbocycles. The Morgan fingerprint density at radius 3 is 2.58 bits per heavy atom. The molecule has 0 N–H and O–H groups in total. The minimum Gasteiger partial charge on any atom is -0.497 e. The highest BCUT2D eigenvalue weighted by Gasteiger charge is 2.25. The van der Waals surface area contributed by atoms with Crippen molar-refractivity contribution >= 4 is 22.8 Å². The first kappa shape index (κ1) is 16.5. The normalized spacial score (nSPS) is 13.8. The first-order valence-corrected chi connectivity index (χ1v) is 8.53. The minimum atomic E-state index is -0.252. The number of methoxy groups -OCH3 is 1. The van der Waals surface area contributed by atoms with E-state index in [4.69, 9.17) is 4.74 Å². The van der Waals surface area contributed by atoms with Crippen molar-refractivity contribution in [3.63, 3.8) is 0 Å². The summed E-state index contributed by atoms with van der Waals surface area (Å²) in [4.78, 5) is 18.8. The molecule has 0 aliphatic carbocycles. The highest BCUT2D eigenvalue weighted by molar-refractivity contribution is 8.13. The zero-order chi connectivity index (χ0) is 16.9. The SMILES string of the molecule is COc1ccc(C(=O)N2CCN=C2SCc2ccc(F)cc2)cc1. The maximum atomic E-state index is 12.9. The van der Waals surface area contributed by atoms with Crippen molar-refractivity contribution < 1.29 is 13.9 Å². The van der Waals surface area contributed by atoms with E-state index in [1.54, 1.807) is 48.4 Å². The third-order valence-corrected chi connectivity index (χ3v) is 4.75. The van der Waals surface area contributed by atoms with Crippen LogP contribution in [0, 0.1) is 5.82 Å². The topological polar surface area (TPSA) is 41.9 Å². The van der Waals surface area contributed by atoms with Gasteiger partial charge in [0.2, 0.25) is 0 Å². The van der Waals surface area contributed by atoms with E-state index >= 15 is 0 Å². The number of benzene rings is 2. The van der Waals surface area contributed by atoms with E-state index < -0.39 is 0 Å². The molecule has 0 atom stereocenters. The van der Waals surface area contributed by atoms with E-state index in [0.29, 0.717) is 35.3 Å². The Morgan fingerprint density at radius 2 is 1.92 bits per heavy atom. The van der Waals surface area contributed by atoms with Crippen LogP contribution in [-0.2, 0) is 5.75 Å². The molecule has 0 bridgehead atoms. The molecule has 0 fully saturated rings. The van der Waals surface area contributed by atoms with Crippen LogP contribution in [0.3, 0.4) is 0 Å². The van der Waals surface area contributed by atoms with E-state index in [9.17, 15) is 9.18 Å². The summed E-state index contributed by atoms with van der Waals surface area (Å²) in [6.07, 6.45) is 0. The highest BCUT2D eigenvalue weighted by atomic mass is 32.2. The van der Waals surface area contributed by atoms with Gasteiger partial charge >= 0.3 is 0 Å². The van der Waals surface area contributed by atoms with Gasteiger partial charge in [-0.3, -0.25) is 14.7 Å². The molecule has 0 saturated heterocycles. The fraction of sp³-hybridized carbons (Fsp3) is 0.222. The summed E-state index contributed by atoms with van der Waals surface area (Å²) >= 11 is 1.49. The molecule has 3 rings (SSSR count). The zero-order valence-electron chi connectivity index (χ0n) is 13.2. The minimum absolute atomic E-state index is 0.0690. The van der Waals surface area contributed by atoms with Gasteiger partial charge in [-0.2, -0.15) is 0 Å². The number of rotatable bonds is 4. The number of nitrogens with zero attached hydrogens (tertiary/aromatic N) is 2. The zero-order valence-corrected chi connectivity index (χ0v) is 14.1. The molecule has 124 valence electrons. The lowest BCUT2D eigenvalue weighted by atomic mass is 10.2. The monoisotopic (exact) mass is 344 g/mol. The maximum Gasteiger partial charge on any atom is 0.259 e. The van der Waals surface area contributed by atoms with Gasteiger partial charge in [0.1, 0.15) is 11.6 Å². The van der Waals surface area contributed by atoms with Crippen LogP contribution in [0.5, 0.6) is 5.75 Å². The van der Waals surface area contributed by atoms with Gasteiger partial charge in [-0.05, 0) is 42.0 Å². The molecular weight excluding hydrogens is 327 g/mol. The van der Waals surface area contributed by atoms with Gasteiger partial charge in [-0.1, -0.05) is 23.9 Å². The fourth-order valence-electron chi connectivity index (χ4n) is 2.36. The number of aliphatic imine (C=N–C) groups is 1. The maximum absolute atomic E-state index is 12.9. The van der Waals surface area contributed by atoms with E-state index in [0.717, 1.165) is 5.56 Å². The molecule has 0 saturated carbocycles. The smallest absolute Gasteiger partial charge is 0.259 e. The van der Waals surface area contributed by atoms with Gasteiger partial charge in [0, 0.05) is 17.9 Å². The Hall–Kier alpha value is -2.34. The quantitative estimate of drug-likeness (QED) is 0.851. The Bertz CT molecular complexity index is 745. The molecule has 0 spiro atoms. The van der Waals surface area contributed by atoms with Crippen molar-refractivity contribution in [2.75, 3.05) is 20.2 Å². The third kappa shape index (κ3) is 3.76. The summed E-state index contributed by atoms with van der Waals surface area (Å²) in [7, 11) is 1.59. The molecule has 1 amide bonds. The molecule has 4 nitrogen and oxygen atoms in total. The number of halogens is 1. The Morgan fingerprint density at radius 1 is 1.21 bits per heavy atom. The van der Waals surface area contributed by atoms with Crippen molar-refractivity contribution in [3.05, 3.63) is 65.5 Å². The average molecular weight is 344 g/mol. The van der Waals surface area contributed by atoms with Crippen molar-refractivity contribution in [1.82, 2.24) is 4.90 Å². The molecule has 1 heterocycles. The van der Waals surface area contributed by atoms with Crippen molar-refractivity contribution in [1.29, 1.82) is 0 Å². The predicted octanol–water partition coefficient (Wildman–Crippen LogP) is 3.58. The Kier molecular flexibility index (Phi) is 5.15. The van der Waals surface area contributed by atoms with E-state index in [2.05, 4.69) is 4.99 Å². The average Bonchev–Trinajstić information content (AvgIpc) is 3.09. The summed E-state index contributed by atoms with van der Waals surface area (Å²) in [6.45, 7) is 1.18. The number of carbonyl (C=O) groups excluding carboxylic acids is 1. The van der Waals surface area contributed by atoms with Crippen LogP contribution in [0.1, 0.15) is 15.9 Å². The molecule has 2 aromatic rings. The first-order valence-electron chi connectivity index (χ1n) is 7.55. The van der Waals surface area contributed by atoms with Crippen LogP contribution in [-0.4, -0.2) is 36.2 Å². The summed E-state index contributed by atoms with van der Waals surface area (Å²) in [5.41, 5.74) is 1.60. The summed E-state index contributed by atoms with van der Waals surface area (Å²) in [6, 6.07) is 13.4. The van der Waals surface area contributed by atoms with Crippen LogP contribution >= 0.6 is 11.8 Å². The van der Waals surface area contributed by atoms with Gasteiger partial charge in [0.05, 0.1) is 13.7 Å². The fourth-order valence-corrected chi connectivity index (χ4v) is 3.36. The Balaban J connectivity index is 1.65. The van der Waals surface area contributed by atoms with Crippen molar-refractivity contribution in [3.8, 4) is 5.75 Å². The van der Waals surface area contributed by atoms with E-state index in [-0.39, 0.29) is 11.7 Å². The van der Waals surface area contributed by atoms with Crippen LogP contribution in [0.2, 0.25) is 0 Å². The molecule has 0 unspecified atom stereocenters. The first-order chi connectivity index (χ1) is 11.7. The second-order valence-electron chi connectivity index (χ2n) is 5.26. The van der Waals surface area contributed by atoms with E-state index in [1.165, 1.54) is 23.9 Å². The standard InChI is InChI=1S/C18H17FN2O2S/c1-23-16-8-4-14(5-9-16)17(22)21-11-10-20-18(21)24-12-13-2-6-15(19)7-3-13/h2-9H,10-12H2,1H3. The summed E-state index contributed by atoms with van der Waals surface area (Å²) in [5.74, 6) is 1.04. The van der Waals surface area contributed by atoms with Gasteiger partial charge in [-0.15, -0.1) is 0 Å². The highest BCUT2D eigenvalue weighted by Crippen LogP contribution is 2.22. The molecule has 24 heavy (non-hydrogen) atoms. The lowest BCUT2D eigenvalue weighted by molar-refractivity contribution is 0.0860. The van der Waals surface area contributed by atoms with Gasteiger partial charge in [-0.25, -0.2) is 4.39 Å². The van der Waals surface area contributed by atoms with Crippen LogP contribution < -0.4 is 4.74 Å². The van der Waals surface area contributed by atoms with Crippen LogP contribution in [0.4, 0.5) is 4.39 Å². The number of amides is 1. The molecule has 1 aliphatic heterocycles. The number of thioether (sulfide) groups is 1. The summed E-state index contributed by atoms with van der Waals surface area (Å²) < 4.78 is 18.1. The molecule has 1 aliphatic rings. The third-order valence-electron chi connectivity index (χ3n) is 3.66. The number of hydrogen-bond donors (Lipinski definition) is 0. The van der Waals surface area contributed by atoms with Gasteiger partial charge in [0.15, 0.2) is 5.17 Å². The van der Waals surface area contributed by atoms with E-state index in [1.807, 2.05) is 0 Å². The number of hydrogen-bond acceptors (Lipinski definition) is 4. The number of ether oxygens (including phenoxy) is 1. The van der Waals surface area contributed by atoms with Gasteiger partial charge in [0.25, 0.3) is 5.91 Å². The van der Waals surface area contributed by atoms with Gasteiger partial charge < -0.3 is 4.74 Å². The number of carbonyl (C=O) groups is 1. The lowest BCUT2D eigenvalue weighted by Crippen LogP contribution is -2.32. The molecular formula is C18H17FN2O2S. The molecule has 0 radical (unpaired) electrons. The second kappa shape index (κ2) is 7.49. The molecule has 6 heteroatoms. The second-order valence-corrected chi connectivity index (χ2v) is 6.21. The van der Waals surface area contributed by atoms with Crippen LogP contribution in [0.25, 0.3) is 0 Å². The van der Waals surface area contributed by atoms with Crippen molar-refractivity contribution in [2.24, 2.45) is 4.99 Å². The Labute approximate surface area is 144 Å². The van der Waals surface area contributed by atoms with Crippen LogP contribution in [0.15, 0.2) is 53.5 Å². The molecule has 0 aromatic heterocycles. The number of amidine groups is 1. The largest absolute Gasteiger partial charge is 0.497 e. The lowest BCUT2D eigenvalue weighted by Gasteiger charge is -2.18.